The van der Waals surface area contributed by atoms with Gasteiger partial charge < -0.3 is 4.74 Å². The van der Waals surface area contributed by atoms with E-state index in [-0.39, 0.29) is 11.2 Å². The molecule has 2 aromatic rings. The molecule has 0 saturated carbocycles. The standard InChI is InChI=1S/C15H13BrClFO/c1-19-15-6-5-11(16)9-13(15)14(17)8-10-3-2-4-12(18)7-10/h2-7,9,14H,8H2,1H3. The largest absolute Gasteiger partial charge is 0.496 e. The van der Waals surface area contributed by atoms with Crippen LogP contribution in [0.2, 0.25) is 0 Å². The van der Waals surface area contributed by atoms with E-state index in [2.05, 4.69) is 15.9 Å². The molecule has 0 aliphatic heterocycles. The van der Waals surface area contributed by atoms with Gasteiger partial charge in [-0.25, -0.2) is 4.39 Å². The molecule has 0 aliphatic rings. The first kappa shape index (κ1) is 14.4. The zero-order valence-electron chi connectivity index (χ0n) is 10.4. The van der Waals surface area contributed by atoms with Crippen LogP contribution in [0.3, 0.4) is 0 Å². The van der Waals surface area contributed by atoms with Crippen LogP contribution in [-0.2, 0) is 6.42 Å². The topological polar surface area (TPSA) is 9.23 Å². The van der Waals surface area contributed by atoms with Gasteiger partial charge in [0.05, 0.1) is 12.5 Å². The summed E-state index contributed by atoms with van der Waals surface area (Å²) < 4.78 is 19.4. The Balaban J connectivity index is 2.24. The lowest BCUT2D eigenvalue weighted by Crippen LogP contribution is -1.99. The van der Waals surface area contributed by atoms with Gasteiger partial charge in [0.2, 0.25) is 0 Å². The van der Waals surface area contributed by atoms with Crippen molar-refractivity contribution in [3.8, 4) is 5.75 Å². The van der Waals surface area contributed by atoms with Gasteiger partial charge in [-0.3, -0.25) is 0 Å². The van der Waals surface area contributed by atoms with Crippen LogP contribution in [0.15, 0.2) is 46.9 Å². The van der Waals surface area contributed by atoms with Crippen LogP contribution in [0.5, 0.6) is 5.75 Å². The van der Waals surface area contributed by atoms with E-state index >= 15 is 0 Å². The van der Waals surface area contributed by atoms with Crippen molar-refractivity contribution in [3.63, 3.8) is 0 Å². The first-order valence-electron chi connectivity index (χ1n) is 5.82. The fraction of sp³-hybridized carbons (Fsp3) is 0.200. The molecule has 1 unspecified atom stereocenters. The van der Waals surface area contributed by atoms with E-state index in [1.807, 2.05) is 24.3 Å². The van der Waals surface area contributed by atoms with Gasteiger partial charge in [0.25, 0.3) is 0 Å². The summed E-state index contributed by atoms with van der Waals surface area (Å²) in [6.45, 7) is 0. The third kappa shape index (κ3) is 3.71. The quantitative estimate of drug-likeness (QED) is 0.700. The predicted octanol–water partition coefficient (Wildman–Crippen LogP) is 5.12. The first-order valence-corrected chi connectivity index (χ1v) is 7.05. The number of ether oxygens (including phenoxy) is 1. The Bertz CT molecular complexity index is 574. The molecule has 0 saturated heterocycles. The third-order valence-electron chi connectivity index (χ3n) is 2.83. The number of rotatable bonds is 4. The molecule has 0 N–H and O–H groups in total. The van der Waals surface area contributed by atoms with Crippen molar-refractivity contribution in [2.24, 2.45) is 0 Å². The number of hydrogen-bond acceptors (Lipinski definition) is 1. The van der Waals surface area contributed by atoms with Gasteiger partial charge in [-0.15, -0.1) is 11.6 Å². The van der Waals surface area contributed by atoms with Crippen molar-refractivity contribution in [2.45, 2.75) is 11.8 Å². The third-order valence-corrected chi connectivity index (χ3v) is 3.72. The summed E-state index contributed by atoms with van der Waals surface area (Å²) in [7, 11) is 1.61. The Morgan fingerprint density at radius 2 is 2.05 bits per heavy atom. The zero-order valence-corrected chi connectivity index (χ0v) is 12.7. The number of benzene rings is 2. The van der Waals surface area contributed by atoms with Gasteiger partial charge >= 0.3 is 0 Å². The van der Waals surface area contributed by atoms with Gasteiger partial charge in [0.15, 0.2) is 0 Å². The highest BCUT2D eigenvalue weighted by Crippen LogP contribution is 2.34. The maximum Gasteiger partial charge on any atom is 0.123 e. The second-order valence-corrected chi connectivity index (χ2v) is 5.63. The lowest BCUT2D eigenvalue weighted by atomic mass is 10.0. The summed E-state index contributed by atoms with van der Waals surface area (Å²) in [5.41, 5.74) is 1.75. The highest BCUT2D eigenvalue weighted by Gasteiger charge is 2.15. The van der Waals surface area contributed by atoms with Crippen molar-refractivity contribution in [2.75, 3.05) is 7.11 Å². The summed E-state index contributed by atoms with van der Waals surface area (Å²) >= 11 is 9.84. The highest BCUT2D eigenvalue weighted by molar-refractivity contribution is 9.10. The SMILES string of the molecule is COc1ccc(Br)cc1C(Cl)Cc1cccc(F)c1. The number of halogens is 3. The second-order valence-electron chi connectivity index (χ2n) is 4.19. The minimum atomic E-state index is -0.269. The summed E-state index contributed by atoms with van der Waals surface area (Å²) in [4.78, 5) is 0. The van der Waals surface area contributed by atoms with Crippen molar-refractivity contribution < 1.29 is 9.13 Å². The molecule has 0 heterocycles. The summed E-state index contributed by atoms with van der Waals surface area (Å²) in [6.07, 6.45) is 0.548. The molecule has 0 amide bonds. The molecule has 0 spiro atoms. The summed E-state index contributed by atoms with van der Waals surface area (Å²) in [5.74, 6) is 0.488. The first-order chi connectivity index (χ1) is 9.10. The zero-order chi connectivity index (χ0) is 13.8. The highest BCUT2D eigenvalue weighted by atomic mass is 79.9. The minimum absolute atomic E-state index is 0.248. The van der Waals surface area contributed by atoms with Crippen LogP contribution >= 0.6 is 27.5 Å². The van der Waals surface area contributed by atoms with E-state index < -0.39 is 0 Å². The van der Waals surface area contributed by atoms with Crippen LogP contribution < -0.4 is 4.74 Å². The Hall–Kier alpha value is -1.06. The monoisotopic (exact) mass is 342 g/mol. The van der Waals surface area contributed by atoms with Gasteiger partial charge in [0.1, 0.15) is 11.6 Å². The van der Waals surface area contributed by atoms with Gasteiger partial charge in [-0.2, -0.15) is 0 Å². The van der Waals surface area contributed by atoms with Crippen molar-refractivity contribution >= 4 is 27.5 Å². The average molecular weight is 344 g/mol. The molecule has 2 aromatic carbocycles. The van der Waals surface area contributed by atoms with Crippen LogP contribution in [-0.4, -0.2) is 7.11 Å². The van der Waals surface area contributed by atoms with Crippen LogP contribution in [0.25, 0.3) is 0 Å². The van der Waals surface area contributed by atoms with Crippen LogP contribution in [0, 0.1) is 5.82 Å². The maximum absolute atomic E-state index is 13.2. The molecule has 0 aliphatic carbocycles. The fourth-order valence-electron chi connectivity index (χ4n) is 1.93. The number of hydrogen-bond donors (Lipinski definition) is 0. The Morgan fingerprint density at radius 1 is 1.26 bits per heavy atom. The van der Waals surface area contributed by atoms with Crippen molar-refractivity contribution in [1.29, 1.82) is 0 Å². The van der Waals surface area contributed by atoms with Crippen molar-refractivity contribution in [1.82, 2.24) is 0 Å². The van der Waals surface area contributed by atoms with E-state index in [0.29, 0.717) is 6.42 Å². The molecular formula is C15H13BrClFO. The molecule has 2 rings (SSSR count). The average Bonchev–Trinajstić information content (AvgIpc) is 2.38. The summed E-state index contributed by atoms with van der Waals surface area (Å²) in [5, 5.41) is -0.269. The Labute approximate surface area is 125 Å². The van der Waals surface area contributed by atoms with Crippen LogP contribution in [0.1, 0.15) is 16.5 Å². The summed E-state index contributed by atoms with van der Waals surface area (Å²) in [6, 6.07) is 12.2. The molecule has 4 heteroatoms. The number of methoxy groups -OCH3 is 1. The smallest absolute Gasteiger partial charge is 0.123 e. The normalized spacial score (nSPS) is 12.2. The van der Waals surface area contributed by atoms with E-state index in [1.54, 1.807) is 13.2 Å². The lowest BCUT2D eigenvalue weighted by molar-refractivity contribution is 0.409. The Kier molecular flexibility index (Phi) is 4.83. The molecule has 0 aromatic heterocycles. The van der Waals surface area contributed by atoms with Gasteiger partial charge in [-0.05, 0) is 42.3 Å². The molecule has 0 bridgehead atoms. The molecular weight excluding hydrogens is 331 g/mol. The molecule has 100 valence electrons. The predicted molar refractivity (Wildman–Crippen MR) is 79.4 cm³/mol. The van der Waals surface area contributed by atoms with Crippen molar-refractivity contribution in [3.05, 3.63) is 63.9 Å². The minimum Gasteiger partial charge on any atom is -0.496 e. The van der Waals surface area contributed by atoms with E-state index in [4.69, 9.17) is 16.3 Å². The molecule has 19 heavy (non-hydrogen) atoms. The fourth-order valence-corrected chi connectivity index (χ4v) is 2.66. The number of alkyl halides is 1. The van der Waals surface area contributed by atoms with Gasteiger partial charge in [-0.1, -0.05) is 28.1 Å². The van der Waals surface area contributed by atoms with E-state index in [1.165, 1.54) is 12.1 Å². The van der Waals surface area contributed by atoms with Gasteiger partial charge in [0, 0.05) is 10.0 Å². The van der Waals surface area contributed by atoms with E-state index in [0.717, 1.165) is 21.3 Å². The second kappa shape index (κ2) is 6.40. The van der Waals surface area contributed by atoms with E-state index in [9.17, 15) is 4.39 Å². The Morgan fingerprint density at radius 3 is 2.74 bits per heavy atom. The maximum atomic E-state index is 13.2. The molecule has 1 atom stereocenters. The molecule has 0 radical (unpaired) electrons. The lowest BCUT2D eigenvalue weighted by Gasteiger charge is -2.14. The molecule has 0 fully saturated rings. The van der Waals surface area contributed by atoms with Crippen LogP contribution in [0.4, 0.5) is 4.39 Å². The molecule has 1 nitrogen and oxygen atoms in total.